The molecule has 0 unspecified atom stereocenters. The van der Waals surface area contributed by atoms with Gasteiger partial charge in [0.2, 0.25) is 0 Å². The number of hydrogen-bond acceptors (Lipinski definition) is 3. The molecule has 5 heteroatoms. The summed E-state index contributed by atoms with van der Waals surface area (Å²) in [5.74, 6) is 0.600. The van der Waals surface area contributed by atoms with E-state index >= 15 is 0 Å². The highest BCUT2D eigenvalue weighted by Gasteiger charge is 1.98. The lowest BCUT2D eigenvalue weighted by Crippen LogP contribution is -2.14. The fourth-order valence-corrected chi connectivity index (χ4v) is 1.15. The molecular weight excluding hydrogens is 224 g/mol. The summed E-state index contributed by atoms with van der Waals surface area (Å²) >= 11 is 5.72. The molecule has 4 nitrogen and oxygen atoms in total. The van der Waals surface area contributed by atoms with Crippen molar-refractivity contribution >= 4 is 23.1 Å². The lowest BCUT2D eigenvalue weighted by Gasteiger charge is -2.04. The van der Waals surface area contributed by atoms with Gasteiger partial charge in [0.05, 0.1) is 5.69 Å². The van der Waals surface area contributed by atoms with Crippen molar-refractivity contribution < 1.29 is 0 Å². The Balaban J connectivity index is 2.89. The highest BCUT2D eigenvalue weighted by Crippen LogP contribution is 2.15. The summed E-state index contributed by atoms with van der Waals surface area (Å²) in [4.78, 5) is 8.01. The number of nitrogens with zero attached hydrogens (tertiary/aromatic N) is 2. The van der Waals surface area contributed by atoms with Crippen LogP contribution in [0.2, 0.25) is 5.15 Å². The smallest absolute Gasteiger partial charge is 0.131 e. The van der Waals surface area contributed by atoms with Gasteiger partial charge in [-0.3, -0.25) is 0 Å². The largest absolute Gasteiger partial charge is 0.402 e. The van der Waals surface area contributed by atoms with Crippen LogP contribution in [0.4, 0.5) is 5.69 Å². The van der Waals surface area contributed by atoms with E-state index in [1.54, 1.807) is 24.4 Å². The average molecular weight is 239 g/mol. The molecule has 0 aliphatic rings. The Labute approximate surface area is 100 Å². The maximum Gasteiger partial charge on any atom is 0.131 e. The van der Waals surface area contributed by atoms with Crippen LogP contribution in [0.15, 0.2) is 35.1 Å². The zero-order valence-corrected chi connectivity index (χ0v) is 10.1. The highest BCUT2D eigenvalue weighted by atomic mass is 35.5. The SMILES string of the molecule is CC(C)C(N)=CC(N)=Nc1ccnc(Cl)c1. The molecule has 1 heterocycles. The molecule has 0 bridgehead atoms. The maximum absolute atomic E-state index is 5.76. The predicted octanol–water partition coefficient (Wildman–Crippen LogP) is 2.22. The Hall–Kier alpha value is -1.55. The molecule has 0 spiro atoms. The zero-order chi connectivity index (χ0) is 12.1. The molecule has 0 aliphatic carbocycles. The number of pyridine rings is 1. The minimum absolute atomic E-state index is 0.245. The van der Waals surface area contributed by atoms with Crippen molar-refractivity contribution in [3.8, 4) is 0 Å². The van der Waals surface area contributed by atoms with Crippen molar-refractivity contribution in [2.45, 2.75) is 13.8 Å². The van der Waals surface area contributed by atoms with Crippen molar-refractivity contribution in [1.82, 2.24) is 4.98 Å². The number of aromatic nitrogens is 1. The second-order valence-electron chi connectivity index (χ2n) is 3.67. The summed E-state index contributed by atoms with van der Waals surface area (Å²) in [5.41, 5.74) is 12.8. The molecule has 0 atom stereocenters. The summed E-state index contributed by atoms with van der Waals surface area (Å²) in [5, 5.41) is 0.384. The number of nitrogens with two attached hydrogens (primary N) is 2. The van der Waals surface area contributed by atoms with Crippen LogP contribution in [0.1, 0.15) is 13.8 Å². The van der Waals surface area contributed by atoms with Gasteiger partial charge in [0.15, 0.2) is 0 Å². The molecule has 1 rings (SSSR count). The topological polar surface area (TPSA) is 77.3 Å². The minimum Gasteiger partial charge on any atom is -0.402 e. The monoisotopic (exact) mass is 238 g/mol. The number of aliphatic imine (C=N–C) groups is 1. The van der Waals surface area contributed by atoms with E-state index in [9.17, 15) is 0 Å². The molecule has 0 aliphatic heterocycles. The van der Waals surface area contributed by atoms with E-state index in [-0.39, 0.29) is 5.92 Å². The van der Waals surface area contributed by atoms with Gasteiger partial charge in [-0.25, -0.2) is 9.98 Å². The number of halogens is 1. The van der Waals surface area contributed by atoms with E-state index in [4.69, 9.17) is 23.1 Å². The van der Waals surface area contributed by atoms with Gasteiger partial charge in [-0.05, 0) is 18.1 Å². The molecule has 0 saturated carbocycles. The lowest BCUT2D eigenvalue weighted by molar-refractivity contribution is 0.758. The van der Waals surface area contributed by atoms with E-state index in [2.05, 4.69) is 9.98 Å². The van der Waals surface area contributed by atoms with Crippen LogP contribution in [0, 0.1) is 5.92 Å². The third-order valence-corrected chi connectivity index (χ3v) is 2.16. The first-order chi connectivity index (χ1) is 7.49. The van der Waals surface area contributed by atoms with Crippen molar-refractivity contribution in [2.75, 3.05) is 0 Å². The van der Waals surface area contributed by atoms with E-state index in [0.29, 0.717) is 22.4 Å². The lowest BCUT2D eigenvalue weighted by atomic mass is 10.1. The highest BCUT2D eigenvalue weighted by molar-refractivity contribution is 6.29. The molecule has 1 aromatic rings. The van der Waals surface area contributed by atoms with Crippen LogP contribution in [-0.2, 0) is 0 Å². The molecule has 4 N–H and O–H groups in total. The number of allylic oxidation sites excluding steroid dienone is 1. The Kier molecular flexibility index (Phi) is 4.31. The molecule has 0 aromatic carbocycles. The molecule has 0 amide bonds. The first-order valence-corrected chi connectivity index (χ1v) is 5.29. The van der Waals surface area contributed by atoms with Crippen LogP contribution in [0.5, 0.6) is 0 Å². The quantitative estimate of drug-likeness (QED) is 0.482. The Morgan fingerprint density at radius 2 is 2.19 bits per heavy atom. The van der Waals surface area contributed by atoms with E-state index in [1.807, 2.05) is 13.8 Å². The summed E-state index contributed by atoms with van der Waals surface area (Å²) in [6, 6.07) is 3.35. The van der Waals surface area contributed by atoms with Crippen molar-refractivity contribution in [3.63, 3.8) is 0 Å². The third kappa shape index (κ3) is 3.90. The van der Waals surface area contributed by atoms with Crippen LogP contribution in [0.3, 0.4) is 0 Å². The second-order valence-corrected chi connectivity index (χ2v) is 4.06. The van der Waals surface area contributed by atoms with Crippen LogP contribution < -0.4 is 11.5 Å². The number of hydrogen-bond donors (Lipinski definition) is 2. The zero-order valence-electron chi connectivity index (χ0n) is 9.31. The summed E-state index contributed by atoms with van der Waals surface area (Å²) in [6.07, 6.45) is 3.23. The van der Waals surface area contributed by atoms with E-state index in [0.717, 1.165) is 0 Å². The summed E-state index contributed by atoms with van der Waals surface area (Å²) < 4.78 is 0. The fourth-order valence-electron chi connectivity index (χ4n) is 0.981. The Bertz CT molecular complexity index is 424. The van der Waals surface area contributed by atoms with Gasteiger partial charge in [0, 0.05) is 18.0 Å². The van der Waals surface area contributed by atoms with Gasteiger partial charge >= 0.3 is 0 Å². The maximum atomic E-state index is 5.76. The molecule has 0 saturated heterocycles. The Morgan fingerprint density at radius 1 is 1.50 bits per heavy atom. The van der Waals surface area contributed by atoms with Gasteiger partial charge in [0.1, 0.15) is 11.0 Å². The standard InChI is InChI=1S/C11H15ClN4/c1-7(2)9(13)6-11(14)16-8-3-4-15-10(12)5-8/h3-7H,13H2,1-2H3,(H2,14,15,16). The molecule has 16 heavy (non-hydrogen) atoms. The fraction of sp³-hybridized carbons (Fsp3) is 0.273. The third-order valence-electron chi connectivity index (χ3n) is 1.95. The summed E-state index contributed by atoms with van der Waals surface area (Å²) in [6.45, 7) is 3.98. The van der Waals surface area contributed by atoms with Crippen molar-refractivity contribution in [2.24, 2.45) is 22.4 Å². The molecule has 1 aromatic heterocycles. The molecule has 86 valence electrons. The van der Waals surface area contributed by atoms with Gasteiger partial charge in [0.25, 0.3) is 0 Å². The van der Waals surface area contributed by atoms with Crippen molar-refractivity contribution in [1.29, 1.82) is 0 Å². The first-order valence-electron chi connectivity index (χ1n) is 4.92. The van der Waals surface area contributed by atoms with Gasteiger partial charge in [-0.2, -0.15) is 0 Å². The van der Waals surface area contributed by atoms with Crippen LogP contribution in [-0.4, -0.2) is 10.8 Å². The molecule has 0 radical (unpaired) electrons. The first kappa shape index (κ1) is 12.5. The van der Waals surface area contributed by atoms with Gasteiger partial charge in [-0.1, -0.05) is 25.4 Å². The van der Waals surface area contributed by atoms with Gasteiger partial charge in [-0.15, -0.1) is 0 Å². The van der Waals surface area contributed by atoms with E-state index in [1.165, 1.54) is 0 Å². The normalized spacial score (nSPS) is 13.2. The predicted molar refractivity (Wildman–Crippen MR) is 67.6 cm³/mol. The molecular formula is C11H15ClN4. The second kappa shape index (κ2) is 5.51. The number of rotatable bonds is 3. The van der Waals surface area contributed by atoms with Gasteiger partial charge < -0.3 is 11.5 Å². The minimum atomic E-state index is 0.245. The average Bonchev–Trinajstić information content (AvgIpc) is 2.16. The van der Waals surface area contributed by atoms with Crippen molar-refractivity contribution in [3.05, 3.63) is 35.3 Å². The van der Waals surface area contributed by atoms with Crippen LogP contribution in [0.25, 0.3) is 0 Å². The number of amidine groups is 1. The Morgan fingerprint density at radius 3 is 2.75 bits per heavy atom. The van der Waals surface area contributed by atoms with Crippen LogP contribution >= 0.6 is 11.6 Å². The van der Waals surface area contributed by atoms with E-state index < -0.39 is 0 Å². The molecule has 0 fully saturated rings. The summed E-state index contributed by atoms with van der Waals surface area (Å²) in [7, 11) is 0.